The van der Waals surface area contributed by atoms with E-state index in [9.17, 15) is 26.4 Å². The summed E-state index contributed by atoms with van der Waals surface area (Å²) >= 11 is 0. The van der Waals surface area contributed by atoms with E-state index < -0.39 is 27.3 Å². The van der Waals surface area contributed by atoms with Crippen molar-refractivity contribution in [1.29, 1.82) is 0 Å². The average Bonchev–Trinajstić information content (AvgIpc) is 3.19. The summed E-state index contributed by atoms with van der Waals surface area (Å²) in [6.07, 6.45) is -2.65. The molecule has 1 aromatic carbocycles. The first-order valence-corrected chi connectivity index (χ1v) is 11.9. The largest absolute Gasteiger partial charge is 0.435 e. The van der Waals surface area contributed by atoms with Gasteiger partial charge in [0.25, 0.3) is 0 Å². The van der Waals surface area contributed by atoms with E-state index in [0.717, 1.165) is 22.8 Å². The van der Waals surface area contributed by atoms with Crippen molar-refractivity contribution in [3.8, 4) is 5.82 Å². The molecule has 0 unspecified atom stereocenters. The second-order valence-electron chi connectivity index (χ2n) is 7.55. The average molecular weight is 479 g/mol. The van der Waals surface area contributed by atoms with Gasteiger partial charge in [-0.15, -0.1) is 0 Å². The van der Waals surface area contributed by atoms with Gasteiger partial charge in [0.15, 0.2) is 27.6 Å². The van der Waals surface area contributed by atoms with Crippen LogP contribution in [0.4, 0.5) is 24.7 Å². The van der Waals surface area contributed by atoms with Gasteiger partial charge in [0.2, 0.25) is 0 Å². The molecule has 3 aromatic rings. The van der Waals surface area contributed by atoms with E-state index in [2.05, 4.69) is 15.0 Å². The van der Waals surface area contributed by atoms with Crippen LogP contribution in [0.25, 0.3) is 5.82 Å². The lowest BCUT2D eigenvalue weighted by molar-refractivity contribution is -0.141. The van der Waals surface area contributed by atoms with Crippen molar-refractivity contribution >= 4 is 27.6 Å². The molecule has 4 rings (SSSR count). The monoisotopic (exact) mass is 479 g/mol. The highest BCUT2D eigenvalue weighted by Gasteiger charge is 2.41. The number of sulfone groups is 1. The van der Waals surface area contributed by atoms with Crippen molar-refractivity contribution in [2.75, 3.05) is 42.2 Å². The normalized spacial score (nSPS) is 15.0. The zero-order chi connectivity index (χ0) is 23.8. The Labute approximate surface area is 188 Å². The fraction of sp³-hybridized carbons (Fsp3) is 0.286. The Balaban J connectivity index is 1.74. The molecule has 0 N–H and O–H groups in total. The topological polar surface area (TPSA) is 88.4 Å². The quantitative estimate of drug-likeness (QED) is 0.520. The second-order valence-corrected chi connectivity index (χ2v) is 9.56. The lowest BCUT2D eigenvalue weighted by Gasteiger charge is -2.37. The van der Waals surface area contributed by atoms with Crippen molar-refractivity contribution in [2.45, 2.75) is 11.1 Å². The molecular weight excluding hydrogens is 459 g/mol. The van der Waals surface area contributed by atoms with Crippen LogP contribution in [0.5, 0.6) is 0 Å². The predicted octanol–water partition coefficient (Wildman–Crippen LogP) is 2.83. The van der Waals surface area contributed by atoms with Crippen molar-refractivity contribution in [3.05, 3.63) is 59.9 Å². The smallest absolute Gasteiger partial charge is 0.368 e. The minimum absolute atomic E-state index is 0.0235. The number of anilines is 2. The number of benzene rings is 1. The molecule has 1 aliphatic heterocycles. The van der Waals surface area contributed by atoms with Gasteiger partial charge in [0, 0.05) is 44.3 Å². The number of piperazine rings is 1. The maximum absolute atomic E-state index is 13.7. The summed E-state index contributed by atoms with van der Waals surface area (Å²) in [6, 6.07) is 12.1. The van der Waals surface area contributed by atoms with Crippen molar-refractivity contribution in [1.82, 2.24) is 14.8 Å². The number of hydrogen-bond donors (Lipinski definition) is 0. The van der Waals surface area contributed by atoms with Gasteiger partial charge in [-0.2, -0.15) is 23.0 Å². The van der Waals surface area contributed by atoms with Gasteiger partial charge in [-0.25, -0.2) is 13.4 Å². The lowest BCUT2D eigenvalue weighted by Crippen LogP contribution is -2.47. The van der Waals surface area contributed by atoms with Crippen molar-refractivity contribution in [2.24, 2.45) is 0 Å². The molecule has 1 saturated heterocycles. The van der Waals surface area contributed by atoms with Crippen LogP contribution < -0.4 is 9.80 Å². The third-order valence-electron chi connectivity index (χ3n) is 5.35. The Hall–Kier alpha value is -3.41. The molecule has 0 aliphatic carbocycles. The minimum Gasteiger partial charge on any atom is -0.368 e. The van der Waals surface area contributed by atoms with E-state index in [-0.39, 0.29) is 22.8 Å². The number of aromatic nitrogens is 3. The summed E-state index contributed by atoms with van der Waals surface area (Å²) in [7, 11) is -3.54. The molecule has 0 amide bonds. The zero-order valence-electron chi connectivity index (χ0n) is 17.5. The molecule has 1 fully saturated rings. The number of hydrogen-bond acceptors (Lipinski definition) is 7. The van der Waals surface area contributed by atoms with Crippen molar-refractivity contribution in [3.63, 3.8) is 0 Å². The van der Waals surface area contributed by atoms with E-state index in [1.165, 1.54) is 12.1 Å². The van der Waals surface area contributed by atoms with Gasteiger partial charge in [0.05, 0.1) is 10.5 Å². The molecule has 0 saturated carbocycles. The molecule has 12 heteroatoms. The third kappa shape index (κ3) is 4.56. The number of pyridine rings is 1. The zero-order valence-corrected chi connectivity index (χ0v) is 18.3. The van der Waals surface area contributed by atoms with E-state index in [0.29, 0.717) is 26.2 Å². The summed E-state index contributed by atoms with van der Waals surface area (Å²) in [6.45, 7) is 1.74. The fourth-order valence-electron chi connectivity index (χ4n) is 3.74. The molecule has 2 aromatic heterocycles. The number of carbonyl (C=O) groups is 1. The SMILES string of the molecule is CS(=O)(=O)c1ccc(-n2nc(C(F)(F)F)c(C=O)c2N2CCN(c3ccccc3)CC2)nc1. The van der Waals surface area contributed by atoms with Crippen LogP contribution in [0, 0.1) is 0 Å². The summed E-state index contributed by atoms with van der Waals surface area (Å²) in [5.41, 5.74) is -0.896. The van der Waals surface area contributed by atoms with Crippen LogP contribution in [-0.4, -0.2) is 61.9 Å². The highest BCUT2D eigenvalue weighted by Crippen LogP contribution is 2.36. The molecule has 174 valence electrons. The van der Waals surface area contributed by atoms with Gasteiger partial charge in [-0.1, -0.05) is 18.2 Å². The number of aldehydes is 1. The highest BCUT2D eigenvalue weighted by atomic mass is 32.2. The van der Waals surface area contributed by atoms with Gasteiger partial charge in [-0.3, -0.25) is 4.79 Å². The minimum atomic E-state index is -4.85. The van der Waals surface area contributed by atoms with Gasteiger partial charge in [0.1, 0.15) is 5.82 Å². The number of alkyl halides is 3. The van der Waals surface area contributed by atoms with E-state index in [1.54, 1.807) is 4.90 Å². The highest BCUT2D eigenvalue weighted by molar-refractivity contribution is 7.90. The molecule has 0 bridgehead atoms. The number of para-hydroxylation sites is 1. The molecular formula is C21H20F3N5O3S. The second kappa shape index (κ2) is 8.50. The molecule has 3 heterocycles. The van der Waals surface area contributed by atoms with Crippen LogP contribution >= 0.6 is 0 Å². The van der Waals surface area contributed by atoms with Crippen LogP contribution in [0.15, 0.2) is 53.6 Å². The number of rotatable bonds is 5. The summed E-state index contributed by atoms with van der Waals surface area (Å²) < 4.78 is 65.3. The Morgan fingerprint density at radius 1 is 0.970 bits per heavy atom. The van der Waals surface area contributed by atoms with Gasteiger partial charge in [-0.05, 0) is 24.3 Å². The van der Waals surface area contributed by atoms with Gasteiger partial charge >= 0.3 is 6.18 Å². The first-order valence-electron chi connectivity index (χ1n) is 9.96. The number of nitrogens with zero attached hydrogens (tertiary/aromatic N) is 5. The van der Waals surface area contributed by atoms with Crippen LogP contribution in [-0.2, 0) is 16.0 Å². The van der Waals surface area contributed by atoms with Crippen LogP contribution in [0.2, 0.25) is 0 Å². The van der Waals surface area contributed by atoms with E-state index in [1.807, 2.05) is 30.3 Å². The fourth-order valence-corrected chi connectivity index (χ4v) is 4.29. The van der Waals surface area contributed by atoms with E-state index in [4.69, 9.17) is 0 Å². The molecule has 0 radical (unpaired) electrons. The Morgan fingerprint density at radius 3 is 2.12 bits per heavy atom. The Morgan fingerprint density at radius 2 is 1.61 bits per heavy atom. The maximum Gasteiger partial charge on any atom is 0.435 e. The first kappa shape index (κ1) is 22.8. The lowest BCUT2D eigenvalue weighted by atomic mass is 10.2. The maximum atomic E-state index is 13.7. The van der Waals surface area contributed by atoms with Crippen molar-refractivity contribution < 1.29 is 26.4 Å². The van der Waals surface area contributed by atoms with E-state index >= 15 is 0 Å². The number of carbonyl (C=O) groups excluding carboxylic acids is 1. The van der Waals surface area contributed by atoms with Gasteiger partial charge < -0.3 is 9.80 Å². The molecule has 8 nitrogen and oxygen atoms in total. The molecule has 0 atom stereocenters. The molecule has 1 aliphatic rings. The van der Waals surface area contributed by atoms with Crippen LogP contribution in [0.1, 0.15) is 16.1 Å². The summed E-state index contributed by atoms with van der Waals surface area (Å²) in [5, 5.41) is 3.66. The number of halogens is 3. The first-order chi connectivity index (χ1) is 15.6. The molecule has 0 spiro atoms. The standard InChI is InChI=1S/C21H20F3N5O3S/c1-33(31,32)16-7-8-18(25-13-16)29-20(17(14-30)19(26-29)21(22,23)24)28-11-9-27(10-12-28)15-5-3-2-4-6-15/h2-8,13-14H,9-12H2,1H3. The summed E-state index contributed by atoms with van der Waals surface area (Å²) in [4.78, 5) is 19.5. The Bertz CT molecular complexity index is 1250. The predicted molar refractivity (Wildman–Crippen MR) is 116 cm³/mol. The molecule has 33 heavy (non-hydrogen) atoms. The summed E-state index contributed by atoms with van der Waals surface area (Å²) in [5.74, 6) is -0.0499. The third-order valence-corrected chi connectivity index (χ3v) is 6.45. The Kier molecular flexibility index (Phi) is 5.87. The van der Waals surface area contributed by atoms with Crippen LogP contribution in [0.3, 0.4) is 0 Å².